The molecule has 1 fully saturated rings. The van der Waals surface area contributed by atoms with Crippen molar-refractivity contribution in [3.8, 4) is 5.75 Å². The Labute approximate surface area is 109 Å². The van der Waals surface area contributed by atoms with Gasteiger partial charge in [-0.2, -0.15) is 0 Å². The fourth-order valence-corrected chi connectivity index (χ4v) is 2.68. The van der Waals surface area contributed by atoms with Gasteiger partial charge in [0.05, 0.1) is 13.2 Å². The predicted octanol–water partition coefficient (Wildman–Crippen LogP) is 1.99. The monoisotopic (exact) mass is 249 g/mol. The Kier molecular flexibility index (Phi) is 5.02. The molecule has 0 bridgehead atoms. The Bertz CT molecular complexity index is 361. The van der Waals surface area contributed by atoms with Crippen molar-refractivity contribution in [1.82, 2.24) is 5.32 Å². The molecular formula is C15H23NO2. The van der Waals surface area contributed by atoms with Gasteiger partial charge in [0.1, 0.15) is 5.75 Å². The molecule has 1 aromatic carbocycles. The summed E-state index contributed by atoms with van der Waals surface area (Å²) < 4.78 is 5.33. The minimum Gasteiger partial charge on any atom is -0.496 e. The lowest BCUT2D eigenvalue weighted by molar-refractivity contribution is 0.0812. The number of hydrogen-bond donors (Lipinski definition) is 2. The smallest absolute Gasteiger partial charge is 0.122 e. The summed E-state index contributed by atoms with van der Waals surface area (Å²) >= 11 is 0. The van der Waals surface area contributed by atoms with Crippen molar-refractivity contribution in [2.24, 2.45) is 5.92 Å². The zero-order valence-corrected chi connectivity index (χ0v) is 11.1. The van der Waals surface area contributed by atoms with Crippen LogP contribution in [0.1, 0.15) is 24.8 Å². The van der Waals surface area contributed by atoms with Crippen molar-refractivity contribution >= 4 is 0 Å². The molecule has 1 atom stereocenters. The van der Waals surface area contributed by atoms with Crippen molar-refractivity contribution in [3.63, 3.8) is 0 Å². The normalized spacial score (nSPS) is 18.6. The van der Waals surface area contributed by atoms with E-state index in [4.69, 9.17) is 4.74 Å². The van der Waals surface area contributed by atoms with Gasteiger partial charge in [-0.1, -0.05) is 18.2 Å². The highest BCUT2D eigenvalue weighted by Gasteiger charge is 2.21. The number of hydrogen-bond acceptors (Lipinski definition) is 3. The molecule has 3 heteroatoms. The van der Waals surface area contributed by atoms with Crippen LogP contribution in [-0.4, -0.2) is 31.4 Å². The highest BCUT2D eigenvalue weighted by atomic mass is 16.5. The molecule has 0 amide bonds. The maximum atomic E-state index is 10.2. The van der Waals surface area contributed by atoms with E-state index >= 15 is 0 Å². The fourth-order valence-electron chi connectivity index (χ4n) is 2.68. The van der Waals surface area contributed by atoms with Crippen molar-refractivity contribution in [1.29, 1.82) is 0 Å². The van der Waals surface area contributed by atoms with Crippen LogP contribution < -0.4 is 10.1 Å². The lowest BCUT2D eigenvalue weighted by atomic mass is 9.89. The fraction of sp³-hybridized carbons (Fsp3) is 0.600. The zero-order chi connectivity index (χ0) is 12.8. The van der Waals surface area contributed by atoms with Crippen molar-refractivity contribution in [2.75, 3.05) is 20.2 Å². The number of aryl methyl sites for hydroxylation is 1. The van der Waals surface area contributed by atoms with E-state index in [9.17, 15) is 5.11 Å². The molecule has 1 heterocycles. The van der Waals surface area contributed by atoms with Crippen molar-refractivity contribution in [3.05, 3.63) is 29.8 Å². The van der Waals surface area contributed by atoms with Crippen LogP contribution >= 0.6 is 0 Å². The number of methoxy groups -OCH3 is 1. The summed E-state index contributed by atoms with van der Waals surface area (Å²) in [6.07, 6.45) is 3.71. The van der Waals surface area contributed by atoms with Gasteiger partial charge in [-0.3, -0.25) is 0 Å². The number of aliphatic hydroxyl groups is 1. The number of nitrogens with one attached hydrogen (secondary N) is 1. The first-order valence-corrected chi connectivity index (χ1v) is 6.82. The molecule has 1 aromatic rings. The van der Waals surface area contributed by atoms with Crippen molar-refractivity contribution < 1.29 is 9.84 Å². The van der Waals surface area contributed by atoms with E-state index in [1.54, 1.807) is 7.11 Å². The molecule has 1 saturated heterocycles. The molecule has 0 spiro atoms. The number of para-hydroxylation sites is 1. The van der Waals surface area contributed by atoms with Crippen LogP contribution in [0.4, 0.5) is 0 Å². The molecule has 0 saturated carbocycles. The first-order chi connectivity index (χ1) is 8.81. The third-order valence-corrected chi connectivity index (χ3v) is 3.83. The molecule has 0 radical (unpaired) electrons. The minimum atomic E-state index is -0.183. The van der Waals surface area contributed by atoms with E-state index in [-0.39, 0.29) is 6.10 Å². The maximum absolute atomic E-state index is 10.2. The first kappa shape index (κ1) is 13.4. The van der Waals surface area contributed by atoms with Gasteiger partial charge in [-0.15, -0.1) is 0 Å². The largest absolute Gasteiger partial charge is 0.496 e. The Morgan fingerprint density at radius 1 is 1.33 bits per heavy atom. The average molecular weight is 249 g/mol. The molecule has 1 aliphatic rings. The molecule has 3 nitrogen and oxygen atoms in total. The summed E-state index contributed by atoms with van der Waals surface area (Å²) in [5.74, 6) is 1.39. The van der Waals surface area contributed by atoms with Crippen LogP contribution in [0.3, 0.4) is 0 Å². The molecule has 1 aliphatic heterocycles. The number of benzene rings is 1. The molecule has 100 valence electrons. The highest BCUT2D eigenvalue weighted by molar-refractivity contribution is 5.33. The third kappa shape index (κ3) is 3.47. The first-order valence-electron chi connectivity index (χ1n) is 6.82. The van der Waals surface area contributed by atoms with Gasteiger partial charge >= 0.3 is 0 Å². The topological polar surface area (TPSA) is 41.5 Å². The standard InChI is InChI=1S/C15H23NO2/c1-18-15-5-3-2-4-13(15)6-7-14(17)12-8-10-16-11-9-12/h2-5,12,14,16-17H,6-11H2,1H3. The lowest BCUT2D eigenvalue weighted by Crippen LogP contribution is -2.34. The van der Waals surface area contributed by atoms with Crippen molar-refractivity contribution in [2.45, 2.75) is 31.8 Å². The van der Waals surface area contributed by atoms with E-state index in [1.807, 2.05) is 18.2 Å². The maximum Gasteiger partial charge on any atom is 0.122 e. The van der Waals surface area contributed by atoms with E-state index < -0.39 is 0 Å². The second kappa shape index (κ2) is 6.76. The lowest BCUT2D eigenvalue weighted by Gasteiger charge is -2.27. The Hall–Kier alpha value is -1.06. The molecule has 2 N–H and O–H groups in total. The summed E-state index contributed by atoms with van der Waals surface area (Å²) in [4.78, 5) is 0. The molecule has 2 rings (SSSR count). The van der Waals surface area contributed by atoms with Crippen LogP contribution in [-0.2, 0) is 6.42 Å². The summed E-state index contributed by atoms with van der Waals surface area (Å²) in [6, 6.07) is 8.06. The van der Waals surface area contributed by atoms with Gasteiger partial charge in [0.2, 0.25) is 0 Å². The number of aliphatic hydroxyl groups excluding tert-OH is 1. The van der Waals surface area contributed by atoms with Crippen LogP contribution in [0, 0.1) is 5.92 Å². The molecular weight excluding hydrogens is 226 g/mol. The Morgan fingerprint density at radius 2 is 2.06 bits per heavy atom. The van der Waals surface area contributed by atoms with Gasteiger partial charge < -0.3 is 15.2 Å². The Balaban J connectivity index is 1.86. The van der Waals surface area contributed by atoms with Crippen LogP contribution in [0.2, 0.25) is 0 Å². The van der Waals surface area contributed by atoms with Crippen LogP contribution in [0.25, 0.3) is 0 Å². The number of rotatable bonds is 5. The molecule has 18 heavy (non-hydrogen) atoms. The third-order valence-electron chi connectivity index (χ3n) is 3.83. The van der Waals surface area contributed by atoms with E-state index in [0.717, 1.165) is 44.5 Å². The summed E-state index contributed by atoms with van der Waals surface area (Å²) in [5.41, 5.74) is 1.19. The summed E-state index contributed by atoms with van der Waals surface area (Å²) in [5, 5.41) is 13.6. The van der Waals surface area contributed by atoms with Gasteiger partial charge in [-0.05, 0) is 56.3 Å². The molecule has 0 aliphatic carbocycles. The highest BCUT2D eigenvalue weighted by Crippen LogP contribution is 2.23. The molecule has 0 aromatic heterocycles. The Morgan fingerprint density at radius 3 is 2.78 bits per heavy atom. The van der Waals surface area contributed by atoms with E-state index in [2.05, 4.69) is 11.4 Å². The van der Waals surface area contributed by atoms with Gasteiger partial charge in [0.15, 0.2) is 0 Å². The number of piperidine rings is 1. The van der Waals surface area contributed by atoms with Gasteiger partial charge in [-0.25, -0.2) is 0 Å². The summed E-state index contributed by atoms with van der Waals surface area (Å²) in [7, 11) is 1.70. The number of ether oxygens (including phenoxy) is 1. The second-order valence-corrected chi connectivity index (χ2v) is 5.01. The second-order valence-electron chi connectivity index (χ2n) is 5.01. The average Bonchev–Trinajstić information content (AvgIpc) is 2.46. The van der Waals surface area contributed by atoms with Crippen LogP contribution in [0.5, 0.6) is 5.75 Å². The molecule has 1 unspecified atom stereocenters. The van der Waals surface area contributed by atoms with Crippen LogP contribution in [0.15, 0.2) is 24.3 Å². The van der Waals surface area contributed by atoms with E-state index in [0.29, 0.717) is 5.92 Å². The van der Waals surface area contributed by atoms with Gasteiger partial charge in [0, 0.05) is 0 Å². The zero-order valence-electron chi connectivity index (χ0n) is 11.1. The SMILES string of the molecule is COc1ccccc1CCC(O)C1CCNCC1. The van der Waals surface area contributed by atoms with E-state index in [1.165, 1.54) is 5.56 Å². The quantitative estimate of drug-likeness (QED) is 0.838. The minimum absolute atomic E-state index is 0.183. The van der Waals surface area contributed by atoms with Gasteiger partial charge in [0.25, 0.3) is 0 Å². The predicted molar refractivity (Wildman–Crippen MR) is 72.9 cm³/mol. The summed E-state index contributed by atoms with van der Waals surface area (Å²) in [6.45, 7) is 2.08.